The minimum absolute atomic E-state index is 0.0207. The SMILES string of the molecule is O=C(/C=C/Nc1ccc(I)cc1)c1ccc(-c2ccccc2)cc1. The van der Waals surface area contributed by atoms with E-state index in [1.165, 1.54) is 3.57 Å². The summed E-state index contributed by atoms with van der Waals surface area (Å²) in [5.74, 6) is -0.0207. The molecule has 0 aliphatic carbocycles. The molecule has 0 bridgehead atoms. The lowest BCUT2D eigenvalue weighted by atomic mass is 10.0. The molecule has 0 saturated heterocycles. The van der Waals surface area contributed by atoms with Crippen LogP contribution in [0.1, 0.15) is 10.4 Å². The van der Waals surface area contributed by atoms with Gasteiger partial charge in [0.2, 0.25) is 0 Å². The van der Waals surface area contributed by atoms with Gasteiger partial charge in [-0.1, -0.05) is 54.6 Å². The van der Waals surface area contributed by atoms with E-state index >= 15 is 0 Å². The quantitative estimate of drug-likeness (QED) is 0.320. The van der Waals surface area contributed by atoms with E-state index in [1.807, 2.05) is 66.7 Å². The van der Waals surface area contributed by atoms with Crippen molar-refractivity contribution in [2.24, 2.45) is 0 Å². The molecule has 0 aliphatic heterocycles. The number of ketones is 1. The Balaban J connectivity index is 1.64. The normalized spacial score (nSPS) is 10.7. The lowest BCUT2D eigenvalue weighted by Gasteiger charge is -2.03. The van der Waals surface area contributed by atoms with Crippen molar-refractivity contribution < 1.29 is 4.79 Å². The van der Waals surface area contributed by atoms with Crippen LogP contribution in [-0.4, -0.2) is 5.78 Å². The van der Waals surface area contributed by atoms with Gasteiger partial charge in [-0.2, -0.15) is 0 Å². The van der Waals surface area contributed by atoms with Crippen LogP contribution in [0.3, 0.4) is 0 Å². The molecule has 2 nitrogen and oxygen atoms in total. The van der Waals surface area contributed by atoms with E-state index in [0.29, 0.717) is 5.56 Å². The second-order valence-corrected chi connectivity index (χ2v) is 6.54. The Bertz CT molecular complexity index is 837. The maximum absolute atomic E-state index is 12.2. The zero-order chi connectivity index (χ0) is 16.8. The molecule has 3 rings (SSSR count). The number of halogens is 1. The lowest BCUT2D eigenvalue weighted by Crippen LogP contribution is -1.96. The first-order valence-corrected chi connectivity index (χ1v) is 8.69. The van der Waals surface area contributed by atoms with Crippen molar-refractivity contribution in [2.45, 2.75) is 0 Å². The molecule has 0 aliphatic rings. The Morgan fingerprint density at radius 3 is 2.08 bits per heavy atom. The molecule has 3 aromatic carbocycles. The Kier molecular flexibility index (Phi) is 5.43. The Morgan fingerprint density at radius 1 is 0.792 bits per heavy atom. The van der Waals surface area contributed by atoms with E-state index < -0.39 is 0 Å². The summed E-state index contributed by atoms with van der Waals surface area (Å²) in [6, 6.07) is 25.8. The average molecular weight is 425 g/mol. The Morgan fingerprint density at radius 2 is 1.42 bits per heavy atom. The van der Waals surface area contributed by atoms with Gasteiger partial charge in [0.05, 0.1) is 0 Å². The molecule has 0 atom stereocenters. The van der Waals surface area contributed by atoms with Crippen molar-refractivity contribution in [1.29, 1.82) is 0 Å². The minimum Gasteiger partial charge on any atom is -0.362 e. The van der Waals surface area contributed by atoms with Crippen molar-refractivity contribution in [1.82, 2.24) is 0 Å². The van der Waals surface area contributed by atoms with Crippen LogP contribution < -0.4 is 5.32 Å². The monoisotopic (exact) mass is 425 g/mol. The predicted molar refractivity (Wildman–Crippen MR) is 108 cm³/mol. The number of anilines is 1. The van der Waals surface area contributed by atoms with Gasteiger partial charge >= 0.3 is 0 Å². The summed E-state index contributed by atoms with van der Waals surface area (Å²) in [5, 5.41) is 3.11. The predicted octanol–water partition coefficient (Wildman–Crippen LogP) is 5.77. The fourth-order valence-corrected chi connectivity index (χ4v) is 2.67. The van der Waals surface area contributed by atoms with Crippen molar-refractivity contribution in [3.63, 3.8) is 0 Å². The molecular formula is C21H16INO. The van der Waals surface area contributed by atoms with Crippen LogP contribution in [0.25, 0.3) is 11.1 Å². The van der Waals surface area contributed by atoms with Crippen LogP contribution in [0.15, 0.2) is 91.1 Å². The highest BCUT2D eigenvalue weighted by atomic mass is 127. The van der Waals surface area contributed by atoms with Crippen molar-refractivity contribution >= 4 is 34.1 Å². The molecule has 24 heavy (non-hydrogen) atoms. The maximum atomic E-state index is 12.2. The molecule has 3 heteroatoms. The smallest absolute Gasteiger partial charge is 0.187 e. The minimum atomic E-state index is -0.0207. The van der Waals surface area contributed by atoms with Gasteiger partial charge in [0, 0.05) is 27.1 Å². The van der Waals surface area contributed by atoms with Crippen LogP contribution in [0.5, 0.6) is 0 Å². The second kappa shape index (κ2) is 7.93. The van der Waals surface area contributed by atoms with Crippen LogP contribution >= 0.6 is 22.6 Å². The molecule has 0 saturated carbocycles. The van der Waals surface area contributed by atoms with Gasteiger partial charge in [-0.15, -0.1) is 0 Å². The molecule has 0 unspecified atom stereocenters. The zero-order valence-corrected chi connectivity index (χ0v) is 15.1. The number of carbonyl (C=O) groups excluding carboxylic acids is 1. The van der Waals surface area contributed by atoms with Gasteiger partial charge in [0.15, 0.2) is 5.78 Å². The molecule has 118 valence electrons. The van der Waals surface area contributed by atoms with Crippen LogP contribution in [0.2, 0.25) is 0 Å². The maximum Gasteiger partial charge on any atom is 0.187 e. The Labute approximate surface area is 155 Å². The molecule has 0 aromatic heterocycles. The summed E-state index contributed by atoms with van der Waals surface area (Å²) >= 11 is 2.26. The number of benzene rings is 3. The Hall–Kier alpha value is -2.40. The molecule has 0 fully saturated rings. The summed E-state index contributed by atoms with van der Waals surface area (Å²) in [4.78, 5) is 12.2. The van der Waals surface area contributed by atoms with Gasteiger partial charge < -0.3 is 5.32 Å². The third-order valence-corrected chi connectivity index (χ3v) is 4.32. The molecule has 1 N–H and O–H groups in total. The molecule has 0 spiro atoms. The van der Waals surface area contributed by atoms with Crippen molar-refractivity contribution in [3.05, 3.63) is 100 Å². The number of nitrogens with one attached hydrogen (secondary N) is 1. The van der Waals surface area contributed by atoms with E-state index in [2.05, 4.69) is 40.0 Å². The summed E-state index contributed by atoms with van der Waals surface area (Å²) in [6.07, 6.45) is 3.23. The summed E-state index contributed by atoms with van der Waals surface area (Å²) in [6.45, 7) is 0. The van der Waals surface area contributed by atoms with E-state index in [1.54, 1.807) is 12.3 Å². The first-order chi connectivity index (χ1) is 11.7. The largest absolute Gasteiger partial charge is 0.362 e. The van der Waals surface area contributed by atoms with Crippen molar-refractivity contribution in [2.75, 3.05) is 5.32 Å². The molecular weight excluding hydrogens is 409 g/mol. The van der Waals surface area contributed by atoms with E-state index in [-0.39, 0.29) is 5.78 Å². The number of hydrogen-bond donors (Lipinski definition) is 1. The number of allylic oxidation sites excluding steroid dienone is 1. The molecule has 3 aromatic rings. The molecule has 0 radical (unpaired) electrons. The van der Waals surface area contributed by atoms with Crippen LogP contribution in [0.4, 0.5) is 5.69 Å². The third-order valence-electron chi connectivity index (χ3n) is 3.61. The van der Waals surface area contributed by atoms with Gasteiger partial charge in [-0.05, 0) is 58.0 Å². The highest BCUT2D eigenvalue weighted by molar-refractivity contribution is 14.1. The number of hydrogen-bond acceptors (Lipinski definition) is 2. The van der Waals surface area contributed by atoms with E-state index in [0.717, 1.165) is 16.8 Å². The first kappa shape index (κ1) is 16.5. The van der Waals surface area contributed by atoms with Gasteiger partial charge in [0.1, 0.15) is 0 Å². The lowest BCUT2D eigenvalue weighted by molar-refractivity contribution is 0.104. The van der Waals surface area contributed by atoms with Gasteiger partial charge in [-0.3, -0.25) is 4.79 Å². The van der Waals surface area contributed by atoms with E-state index in [9.17, 15) is 4.79 Å². The number of rotatable bonds is 5. The zero-order valence-electron chi connectivity index (χ0n) is 12.9. The summed E-state index contributed by atoms with van der Waals surface area (Å²) < 4.78 is 1.18. The van der Waals surface area contributed by atoms with Crippen LogP contribution in [0, 0.1) is 3.57 Å². The first-order valence-electron chi connectivity index (χ1n) is 7.61. The van der Waals surface area contributed by atoms with E-state index in [4.69, 9.17) is 0 Å². The standard InChI is InChI=1S/C21H16INO/c22-19-10-12-20(13-11-19)23-15-14-21(24)18-8-6-17(7-9-18)16-4-2-1-3-5-16/h1-15,23H/b15-14+. The second-order valence-electron chi connectivity index (χ2n) is 5.29. The van der Waals surface area contributed by atoms with Crippen molar-refractivity contribution in [3.8, 4) is 11.1 Å². The summed E-state index contributed by atoms with van der Waals surface area (Å²) in [7, 11) is 0. The highest BCUT2D eigenvalue weighted by Crippen LogP contribution is 2.19. The fourth-order valence-electron chi connectivity index (χ4n) is 2.31. The fraction of sp³-hybridized carbons (Fsp3) is 0. The highest BCUT2D eigenvalue weighted by Gasteiger charge is 2.02. The van der Waals surface area contributed by atoms with Crippen LogP contribution in [-0.2, 0) is 0 Å². The molecule has 0 amide bonds. The van der Waals surface area contributed by atoms with Gasteiger partial charge in [-0.25, -0.2) is 0 Å². The number of carbonyl (C=O) groups is 1. The van der Waals surface area contributed by atoms with Gasteiger partial charge in [0.25, 0.3) is 0 Å². The average Bonchev–Trinajstić information content (AvgIpc) is 2.64. The third kappa shape index (κ3) is 4.32. The summed E-state index contributed by atoms with van der Waals surface area (Å²) in [5.41, 5.74) is 3.88. The topological polar surface area (TPSA) is 29.1 Å². The molecule has 0 heterocycles.